The van der Waals surface area contributed by atoms with E-state index in [-0.39, 0.29) is 0 Å². The van der Waals surface area contributed by atoms with Crippen LogP contribution in [0.15, 0.2) is 225 Å². The average Bonchev–Trinajstić information content (AvgIpc) is 3.26. The summed E-state index contributed by atoms with van der Waals surface area (Å²) < 4.78 is 0. The summed E-state index contributed by atoms with van der Waals surface area (Å²) in [5.41, 5.74) is 13.6. The molecule has 0 atom stereocenters. The number of hydrogen-bond donors (Lipinski definition) is 0. The van der Waals surface area contributed by atoms with Crippen LogP contribution in [0.5, 0.6) is 0 Å². The summed E-state index contributed by atoms with van der Waals surface area (Å²) >= 11 is 0. The standard InChI is InChI=1S/C51H37N3/c1-4-12-38(13-5-1)40-20-28-46(29-21-40)53(47-30-22-41(23-31-47)39-14-6-2-7-15-39)48-32-24-42(25-33-48)43-26-34-49(35-27-43)54(45-17-8-3-9-18-45)51-37-52-36-44-16-10-11-19-50(44)51/h1-37H. The van der Waals surface area contributed by atoms with E-state index in [1.54, 1.807) is 0 Å². The van der Waals surface area contributed by atoms with E-state index in [0.29, 0.717) is 0 Å². The molecule has 0 aliphatic heterocycles. The van der Waals surface area contributed by atoms with Gasteiger partial charge in [-0.15, -0.1) is 0 Å². The molecule has 0 N–H and O–H groups in total. The van der Waals surface area contributed by atoms with Crippen LogP contribution in [0.2, 0.25) is 0 Å². The molecule has 0 radical (unpaired) electrons. The molecule has 0 saturated carbocycles. The molecule has 0 unspecified atom stereocenters. The summed E-state index contributed by atoms with van der Waals surface area (Å²) in [4.78, 5) is 9.22. The summed E-state index contributed by atoms with van der Waals surface area (Å²) in [6, 6.07) is 75.4. The molecule has 8 aromatic carbocycles. The van der Waals surface area contributed by atoms with Crippen LogP contribution in [0.3, 0.4) is 0 Å². The first-order valence-corrected chi connectivity index (χ1v) is 18.3. The fourth-order valence-electron chi connectivity index (χ4n) is 7.20. The molecule has 9 rings (SSSR count). The van der Waals surface area contributed by atoms with Crippen molar-refractivity contribution < 1.29 is 0 Å². The number of para-hydroxylation sites is 1. The smallest absolute Gasteiger partial charge is 0.0723 e. The van der Waals surface area contributed by atoms with Crippen molar-refractivity contribution in [3.63, 3.8) is 0 Å². The van der Waals surface area contributed by atoms with Crippen molar-refractivity contribution in [2.24, 2.45) is 0 Å². The minimum atomic E-state index is 1.05. The summed E-state index contributed by atoms with van der Waals surface area (Å²) in [6.45, 7) is 0. The van der Waals surface area contributed by atoms with E-state index < -0.39 is 0 Å². The second kappa shape index (κ2) is 14.8. The maximum absolute atomic E-state index is 4.61. The largest absolute Gasteiger partial charge is 0.311 e. The van der Waals surface area contributed by atoms with Crippen LogP contribution in [-0.2, 0) is 0 Å². The Labute approximate surface area is 316 Å². The molecule has 256 valence electrons. The van der Waals surface area contributed by atoms with Crippen molar-refractivity contribution in [1.29, 1.82) is 0 Å². The third kappa shape index (κ3) is 6.63. The molecule has 0 spiro atoms. The number of nitrogens with zero attached hydrogens (tertiary/aromatic N) is 3. The Bertz CT molecular complexity index is 2510. The Morgan fingerprint density at radius 1 is 0.259 bits per heavy atom. The zero-order valence-electron chi connectivity index (χ0n) is 29.7. The van der Waals surface area contributed by atoms with Gasteiger partial charge in [0.25, 0.3) is 0 Å². The number of fused-ring (bicyclic) bond motifs is 1. The van der Waals surface area contributed by atoms with Crippen LogP contribution in [0.25, 0.3) is 44.2 Å². The van der Waals surface area contributed by atoms with Gasteiger partial charge in [-0.3, -0.25) is 4.98 Å². The van der Waals surface area contributed by atoms with Gasteiger partial charge >= 0.3 is 0 Å². The number of anilines is 6. The molecule has 0 saturated heterocycles. The van der Waals surface area contributed by atoms with E-state index in [9.17, 15) is 0 Å². The fraction of sp³-hybridized carbons (Fsp3) is 0. The second-order valence-electron chi connectivity index (χ2n) is 13.3. The van der Waals surface area contributed by atoms with E-state index in [2.05, 4.69) is 227 Å². The lowest BCUT2D eigenvalue weighted by molar-refractivity contribution is 1.25. The third-order valence-corrected chi connectivity index (χ3v) is 9.95. The quantitative estimate of drug-likeness (QED) is 0.150. The van der Waals surface area contributed by atoms with Crippen molar-refractivity contribution in [3.05, 3.63) is 225 Å². The van der Waals surface area contributed by atoms with Crippen molar-refractivity contribution >= 4 is 44.9 Å². The minimum Gasteiger partial charge on any atom is -0.311 e. The highest BCUT2D eigenvalue weighted by Gasteiger charge is 2.17. The molecule has 3 heteroatoms. The summed E-state index contributed by atoms with van der Waals surface area (Å²) in [7, 11) is 0. The Morgan fingerprint density at radius 2 is 0.593 bits per heavy atom. The molecule has 9 aromatic rings. The molecule has 0 aliphatic rings. The van der Waals surface area contributed by atoms with Gasteiger partial charge in [-0.1, -0.05) is 152 Å². The number of hydrogen-bond acceptors (Lipinski definition) is 3. The van der Waals surface area contributed by atoms with Gasteiger partial charge in [-0.05, 0) is 94.0 Å². The first kappa shape index (κ1) is 32.7. The van der Waals surface area contributed by atoms with Gasteiger partial charge < -0.3 is 9.80 Å². The molecular weight excluding hydrogens is 655 g/mol. The van der Waals surface area contributed by atoms with E-state index in [0.717, 1.165) is 56.0 Å². The lowest BCUT2D eigenvalue weighted by Gasteiger charge is -2.27. The van der Waals surface area contributed by atoms with Crippen LogP contribution < -0.4 is 9.80 Å². The topological polar surface area (TPSA) is 19.4 Å². The molecule has 1 aromatic heterocycles. The number of pyridine rings is 1. The average molecular weight is 692 g/mol. The van der Waals surface area contributed by atoms with Crippen LogP contribution in [0.1, 0.15) is 0 Å². The highest BCUT2D eigenvalue weighted by Crippen LogP contribution is 2.40. The van der Waals surface area contributed by atoms with Crippen LogP contribution in [-0.4, -0.2) is 4.98 Å². The zero-order valence-corrected chi connectivity index (χ0v) is 29.7. The van der Waals surface area contributed by atoms with Crippen LogP contribution in [0, 0.1) is 0 Å². The Hall–Kier alpha value is -7.23. The molecule has 0 fully saturated rings. The first-order valence-electron chi connectivity index (χ1n) is 18.3. The van der Waals surface area contributed by atoms with Crippen molar-refractivity contribution in [1.82, 2.24) is 4.98 Å². The SMILES string of the molecule is c1ccc(-c2ccc(N(c3ccc(-c4ccccc4)cc3)c3ccc(-c4ccc(N(c5ccccc5)c5cncc6ccccc56)cc4)cc3)cc2)cc1. The number of benzene rings is 8. The third-order valence-electron chi connectivity index (χ3n) is 9.95. The van der Waals surface area contributed by atoms with Gasteiger partial charge in [0.2, 0.25) is 0 Å². The van der Waals surface area contributed by atoms with Crippen LogP contribution >= 0.6 is 0 Å². The van der Waals surface area contributed by atoms with E-state index in [1.165, 1.54) is 22.3 Å². The first-order chi connectivity index (χ1) is 26.8. The van der Waals surface area contributed by atoms with Gasteiger partial charge in [0.15, 0.2) is 0 Å². The second-order valence-corrected chi connectivity index (χ2v) is 13.3. The fourth-order valence-corrected chi connectivity index (χ4v) is 7.20. The Balaban J connectivity index is 1.05. The van der Waals surface area contributed by atoms with Crippen molar-refractivity contribution in [2.75, 3.05) is 9.80 Å². The van der Waals surface area contributed by atoms with Crippen molar-refractivity contribution in [2.45, 2.75) is 0 Å². The summed E-state index contributed by atoms with van der Waals surface area (Å²) in [5, 5.41) is 2.27. The minimum absolute atomic E-state index is 1.05. The molecule has 1 heterocycles. The predicted molar refractivity (Wildman–Crippen MR) is 227 cm³/mol. The monoisotopic (exact) mass is 691 g/mol. The molecule has 0 amide bonds. The Morgan fingerprint density at radius 3 is 1.04 bits per heavy atom. The van der Waals surface area contributed by atoms with Gasteiger partial charge in [0.1, 0.15) is 0 Å². The van der Waals surface area contributed by atoms with Gasteiger partial charge in [-0.2, -0.15) is 0 Å². The molecule has 0 bridgehead atoms. The molecule has 54 heavy (non-hydrogen) atoms. The van der Waals surface area contributed by atoms with Crippen molar-refractivity contribution in [3.8, 4) is 33.4 Å². The van der Waals surface area contributed by atoms with E-state index in [4.69, 9.17) is 0 Å². The maximum atomic E-state index is 4.61. The number of rotatable bonds is 9. The van der Waals surface area contributed by atoms with E-state index in [1.807, 2.05) is 12.4 Å². The van der Waals surface area contributed by atoms with Gasteiger partial charge in [0.05, 0.1) is 11.9 Å². The highest BCUT2D eigenvalue weighted by atomic mass is 15.2. The molecular formula is C51H37N3. The lowest BCUT2D eigenvalue weighted by Crippen LogP contribution is -2.10. The predicted octanol–water partition coefficient (Wildman–Crippen LogP) is 14.2. The molecule has 0 aliphatic carbocycles. The highest BCUT2D eigenvalue weighted by molar-refractivity contribution is 5.98. The van der Waals surface area contributed by atoms with Gasteiger partial charge in [0, 0.05) is 45.4 Å². The zero-order chi connectivity index (χ0) is 36.1. The maximum Gasteiger partial charge on any atom is 0.0723 e. The number of aromatic nitrogens is 1. The molecule has 3 nitrogen and oxygen atoms in total. The summed E-state index contributed by atoms with van der Waals surface area (Å²) in [6.07, 6.45) is 3.88. The normalized spacial score (nSPS) is 11.0. The summed E-state index contributed by atoms with van der Waals surface area (Å²) in [5.74, 6) is 0. The van der Waals surface area contributed by atoms with Gasteiger partial charge in [-0.25, -0.2) is 0 Å². The van der Waals surface area contributed by atoms with Crippen LogP contribution in [0.4, 0.5) is 34.1 Å². The van der Waals surface area contributed by atoms with E-state index >= 15 is 0 Å². The lowest BCUT2D eigenvalue weighted by atomic mass is 10.0. The Kier molecular flexibility index (Phi) is 8.94.